The molecule has 0 atom stereocenters. The summed E-state index contributed by atoms with van der Waals surface area (Å²) >= 11 is 0. The fraction of sp³-hybridized carbons (Fsp3) is 0.316. The third-order valence-electron chi connectivity index (χ3n) is 4.43. The average Bonchev–Trinajstić information content (AvgIpc) is 3.35. The zero-order valence-electron chi connectivity index (χ0n) is 13.9. The fourth-order valence-electron chi connectivity index (χ4n) is 2.89. The van der Waals surface area contributed by atoms with Gasteiger partial charge in [-0.2, -0.15) is 5.10 Å². The number of carbonyl (C=O) groups is 1. The molecule has 24 heavy (non-hydrogen) atoms. The van der Waals surface area contributed by atoms with Gasteiger partial charge in [0.1, 0.15) is 5.78 Å². The van der Waals surface area contributed by atoms with Gasteiger partial charge < -0.3 is 4.90 Å². The van der Waals surface area contributed by atoms with Crippen LogP contribution in [0.4, 0.5) is 5.69 Å². The largest absolute Gasteiger partial charge is 0.378 e. The maximum Gasteiger partial charge on any atom is 0.159 e. The summed E-state index contributed by atoms with van der Waals surface area (Å²) in [6.45, 7) is 0. The summed E-state index contributed by atoms with van der Waals surface area (Å²) < 4.78 is 1.84. The molecule has 2 heterocycles. The smallest absolute Gasteiger partial charge is 0.159 e. The summed E-state index contributed by atoms with van der Waals surface area (Å²) in [5.41, 5.74) is 3.97. The predicted octanol–water partition coefficient (Wildman–Crippen LogP) is 2.98. The number of pyridine rings is 1. The molecule has 0 saturated heterocycles. The highest BCUT2D eigenvalue weighted by Gasteiger charge is 2.30. The molecule has 2 aromatic heterocycles. The van der Waals surface area contributed by atoms with Gasteiger partial charge in [-0.25, -0.2) is 9.50 Å². The molecule has 0 amide bonds. The number of hydrogen-bond donors (Lipinski definition) is 0. The predicted molar refractivity (Wildman–Crippen MR) is 94.2 cm³/mol. The highest BCUT2D eigenvalue weighted by Crippen LogP contribution is 2.31. The quantitative estimate of drug-likeness (QED) is 0.725. The standard InChI is InChI=1S/C19H20N4O/c1-22(2)15-6-3-5-14(11-15)16-7-4-8-19-20-18(21-23(16)19)12-17(24)13-9-10-13/h3-8,11,13H,9-10,12H2,1-2H3. The summed E-state index contributed by atoms with van der Waals surface area (Å²) in [4.78, 5) is 18.6. The summed E-state index contributed by atoms with van der Waals surface area (Å²) in [6.07, 6.45) is 2.38. The molecule has 1 aliphatic rings. The molecule has 0 bridgehead atoms. The van der Waals surface area contributed by atoms with E-state index in [4.69, 9.17) is 0 Å². The third kappa shape index (κ3) is 2.77. The number of carbonyl (C=O) groups excluding carboxylic acids is 1. The molecule has 4 rings (SSSR count). The zero-order valence-corrected chi connectivity index (χ0v) is 13.9. The number of ketones is 1. The van der Waals surface area contributed by atoms with Crippen molar-refractivity contribution >= 4 is 17.1 Å². The van der Waals surface area contributed by atoms with Gasteiger partial charge in [-0.05, 0) is 37.1 Å². The maximum atomic E-state index is 12.0. The second kappa shape index (κ2) is 5.74. The van der Waals surface area contributed by atoms with Crippen LogP contribution in [0.1, 0.15) is 18.7 Å². The lowest BCUT2D eigenvalue weighted by Crippen LogP contribution is -2.08. The minimum atomic E-state index is 0.243. The van der Waals surface area contributed by atoms with Crippen molar-refractivity contribution in [2.75, 3.05) is 19.0 Å². The van der Waals surface area contributed by atoms with E-state index in [2.05, 4.69) is 33.2 Å². The first-order chi connectivity index (χ1) is 11.6. The molecule has 3 aromatic rings. The van der Waals surface area contributed by atoms with E-state index >= 15 is 0 Å². The van der Waals surface area contributed by atoms with E-state index in [0.717, 1.165) is 35.4 Å². The minimum absolute atomic E-state index is 0.243. The number of benzene rings is 1. The molecule has 5 nitrogen and oxygen atoms in total. The molecule has 122 valence electrons. The van der Waals surface area contributed by atoms with Gasteiger partial charge in [-0.3, -0.25) is 4.79 Å². The van der Waals surface area contributed by atoms with E-state index in [1.165, 1.54) is 0 Å². The number of anilines is 1. The lowest BCUT2D eigenvalue weighted by atomic mass is 10.1. The van der Waals surface area contributed by atoms with Crippen LogP contribution in [-0.4, -0.2) is 34.5 Å². The Bertz CT molecular complexity index is 909. The van der Waals surface area contributed by atoms with E-state index in [1.807, 2.05) is 42.9 Å². The van der Waals surface area contributed by atoms with Crippen LogP contribution in [0.25, 0.3) is 16.9 Å². The van der Waals surface area contributed by atoms with Gasteiger partial charge in [0, 0.05) is 31.3 Å². The van der Waals surface area contributed by atoms with Crippen molar-refractivity contribution in [3.8, 4) is 11.3 Å². The molecular formula is C19H20N4O. The Morgan fingerprint density at radius 3 is 2.75 bits per heavy atom. The van der Waals surface area contributed by atoms with Crippen molar-refractivity contribution in [1.29, 1.82) is 0 Å². The third-order valence-corrected chi connectivity index (χ3v) is 4.43. The Kier molecular flexibility index (Phi) is 3.56. The first-order valence-corrected chi connectivity index (χ1v) is 8.27. The zero-order chi connectivity index (χ0) is 16.7. The average molecular weight is 320 g/mol. The number of rotatable bonds is 5. The van der Waals surface area contributed by atoms with E-state index in [-0.39, 0.29) is 11.7 Å². The van der Waals surface area contributed by atoms with Crippen LogP contribution in [0.3, 0.4) is 0 Å². The van der Waals surface area contributed by atoms with Crippen LogP contribution >= 0.6 is 0 Å². The van der Waals surface area contributed by atoms with E-state index < -0.39 is 0 Å². The summed E-state index contributed by atoms with van der Waals surface area (Å²) in [5, 5.41) is 4.58. The number of Topliss-reactive ketones (excluding diaryl/α,β-unsaturated/α-hetero) is 1. The van der Waals surface area contributed by atoms with Crippen molar-refractivity contribution in [2.24, 2.45) is 5.92 Å². The van der Waals surface area contributed by atoms with Crippen molar-refractivity contribution in [3.05, 3.63) is 48.3 Å². The first kappa shape index (κ1) is 14.9. The Morgan fingerprint density at radius 1 is 1.21 bits per heavy atom. The Morgan fingerprint density at radius 2 is 2.00 bits per heavy atom. The number of aromatic nitrogens is 3. The lowest BCUT2D eigenvalue weighted by molar-refractivity contribution is -0.119. The van der Waals surface area contributed by atoms with Gasteiger partial charge in [0.05, 0.1) is 12.1 Å². The SMILES string of the molecule is CN(C)c1cccc(-c2cccc3nc(CC(=O)C4CC4)nn23)c1. The van der Waals surface area contributed by atoms with Gasteiger partial charge in [-0.15, -0.1) is 0 Å². The molecule has 0 radical (unpaired) electrons. The van der Waals surface area contributed by atoms with E-state index in [0.29, 0.717) is 12.2 Å². The van der Waals surface area contributed by atoms with Crippen LogP contribution in [0.2, 0.25) is 0 Å². The highest BCUT2D eigenvalue weighted by atomic mass is 16.1. The number of fused-ring (bicyclic) bond motifs is 1. The lowest BCUT2D eigenvalue weighted by Gasteiger charge is -2.13. The van der Waals surface area contributed by atoms with Crippen LogP contribution < -0.4 is 4.90 Å². The number of nitrogens with zero attached hydrogens (tertiary/aromatic N) is 4. The van der Waals surface area contributed by atoms with Crippen molar-refractivity contribution < 1.29 is 4.79 Å². The first-order valence-electron chi connectivity index (χ1n) is 8.27. The molecule has 0 aliphatic heterocycles. The van der Waals surface area contributed by atoms with Crippen LogP contribution in [-0.2, 0) is 11.2 Å². The summed E-state index contributed by atoms with van der Waals surface area (Å²) in [6, 6.07) is 14.3. The molecule has 1 saturated carbocycles. The Balaban J connectivity index is 1.74. The molecule has 0 N–H and O–H groups in total. The van der Waals surface area contributed by atoms with Crippen molar-refractivity contribution in [3.63, 3.8) is 0 Å². The molecule has 1 aliphatic carbocycles. The molecular weight excluding hydrogens is 300 g/mol. The van der Waals surface area contributed by atoms with Gasteiger partial charge in [0.2, 0.25) is 0 Å². The van der Waals surface area contributed by atoms with Crippen LogP contribution in [0.15, 0.2) is 42.5 Å². The Hall–Kier alpha value is -2.69. The van der Waals surface area contributed by atoms with Crippen molar-refractivity contribution in [2.45, 2.75) is 19.3 Å². The van der Waals surface area contributed by atoms with E-state index in [9.17, 15) is 4.79 Å². The minimum Gasteiger partial charge on any atom is -0.378 e. The normalized spacial score (nSPS) is 14.1. The van der Waals surface area contributed by atoms with Gasteiger partial charge in [0.15, 0.2) is 11.5 Å². The summed E-state index contributed by atoms with van der Waals surface area (Å²) in [5.74, 6) is 1.12. The molecule has 0 unspecified atom stereocenters. The van der Waals surface area contributed by atoms with Crippen molar-refractivity contribution in [1.82, 2.24) is 14.6 Å². The van der Waals surface area contributed by atoms with Gasteiger partial charge in [-0.1, -0.05) is 18.2 Å². The van der Waals surface area contributed by atoms with Crippen LogP contribution in [0, 0.1) is 5.92 Å². The monoisotopic (exact) mass is 320 g/mol. The van der Waals surface area contributed by atoms with E-state index in [1.54, 1.807) is 0 Å². The second-order valence-corrected chi connectivity index (χ2v) is 6.57. The number of hydrogen-bond acceptors (Lipinski definition) is 4. The topological polar surface area (TPSA) is 50.5 Å². The fourth-order valence-corrected chi connectivity index (χ4v) is 2.89. The Labute approximate surface area is 140 Å². The molecule has 5 heteroatoms. The molecule has 0 spiro atoms. The molecule has 1 aromatic carbocycles. The van der Waals surface area contributed by atoms with Gasteiger partial charge >= 0.3 is 0 Å². The molecule has 1 fully saturated rings. The van der Waals surface area contributed by atoms with Gasteiger partial charge in [0.25, 0.3) is 0 Å². The highest BCUT2D eigenvalue weighted by molar-refractivity contribution is 5.84. The summed E-state index contributed by atoms with van der Waals surface area (Å²) in [7, 11) is 4.05. The maximum absolute atomic E-state index is 12.0. The second-order valence-electron chi connectivity index (χ2n) is 6.57. The van der Waals surface area contributed by atoms with Crippen LogP contribution in [0.5, 0.6) is 0 Å².